The van der Waals surface area contributed by atoms with Gasteiger partial charge in [-0.25, -0.2) is 13.2 Å². The lowest BCUT2D eigenvalue weighted by Crippen LogP contribution is -2.31. The number of nitrogens with zero attached hydrogens (tertiary/aromatic N) is 1. The summed E-state index contributed by atoms with van der Waals surface area (Å²) in [5.74, 6) is 1.46. The summed E-state index contributed by atoms with van der Waals surface area (Å²) in [6, 6.07) is 12.5. The van der Waals surface area contributed by atoms with Crippen molar-refractivity contribution in [3.05, 3.63) is 64.7 Å². The number of sulfonamides is 1. The monoisotopic (exact) mass is 431 g/mol. The minimum Gasteiger partial charge on any atom is -0.497 e. The molecule has 1 aliphatic rings. The number of benzene rings is 2. The fourth-order valence-electron chi connectivity index (χ4n) is 3.54. The summed E-state index contributed by atoms with van der Waals surface area (Å²) in [5.41, 5.74) is -0.396. The summed E-state index contributed by atoms with van der Waals surface area (Å²) in [5, 5.41) is 9.92. The molecule has 1 fully saturated rings. The molecule has 0 aliphatic carbocycles. The highest BCUT2D eigenvalue weighted by atomic mass is 32.2. The average Bonchev–Trinajstić information content (AvgIpc) is 3.35. The highest BCUT2D eigenvalue weighted by Crippen LogP contribution is 2.38. The van der Waals surface area contributed by atoms with Gasteiger partial charge >= 0.3 is 5.69 Å². The van der Waals surface area contributed by atoms with Crippen LogP contribution in [0.15, 0.2) is 58.2 Å². The van der Waals surface area contributed by atoms with E-state index in [1.165, 1.54) is 16.4 Å². The maximum atomic E-state index is 13.2. The first kappa shape index (κ1) is 20.0. The standard InChI is InChI=1S/C20H21N3O6S/c1-28-13-4-6-14(7-5-13)29-15-8-10-16(11-9-15)30(26,27)23-12-2-3-17(23)18-19(24)22-20(25)21-18/h4-11,17,24H,2-3,12H2,1H3,(H2,21,22,25)/t17-/m1/s1. The third kappa shape index (κ3) is 3.79. The third-order valence-electron chi connectivity index (χ3n) is 5.00. The van der Waals surface area contributed by atoms with Gasteiger partial charge in [-0.05, 0) is 61.4 Å². The van der Waals surface area contributed by atoms with Crippen LogP contribution < -0.4 is 15.2 Å². The fourth-order valence-corrected chi connectivity index (χ4v) is 5.21. The van der Waals surface area contributed by atoms with E-state index < -0.39 is 21.8 Å². The topological polar surface area (TPSA) is 125 Å². The number of H-pyrrole nitrogens is 2. The Balaban J connectivity index is 1.55. The molecule has 2 heterocycles. The quantitative estimate of drug-likeness (QED) is 0.551. The second kappa shape index (κ2) is 7.88. The number of nitrogens with one attached hydrogen (secondary N) is 2. The van der Waals surface area contributed by atoms with Gasteiger partial charge in [-0.15, -0.1) is 0 Å². The van der Waals surface area contributed by atoms with Crippen LogP contribution in [0.4, 0.5) is 0 Å². The van der Waals surface area contributed by atoms with E-state index in [-0.39, 0.29) is 16.5 Å². The summed E-state index contributed by atoms with van der Waals surface area (Å²) in [7, 11) is -2.25. The Morgan fingerprint density at radius 2 is 1.60 bits per heavy atom. The molecule has 1 saturated heterocycles. The summed E-state index contributed by atoms with van der Waals surface area (Å²) < 4.78 is 38.5. The normalized spacial score (nSPS) is 17.2. The Labute approximate surface area is 172 Å². The van der Waals surface area contributed by atoms with Gasteiger partial charge in [0.2, 0.25) is 15.9 Å². The minimum atomic E-state index is -3.83. The fraction of sp³-hybridized carbons (Fsp3) is 0.250. The van der Waals surface area contributed by atoms with Crippen LogP contribution in [0.25, 0.3) is 0 Å². The van der Waals surface area contributed by atoms with Crippen molar-refractivity contribution in [2.24, 2.45) is 0 Å². The number of hydrogen-bond donors (Lipinski definition) is 3. The third-order valence-corrected chi connectivity index (χ3v) is 6.92. The number of methoxy groups -OCH3 is 1. The number of aromatic nitrogens is 2. The molecular formula is C20H21N3O6S. The maximum absolute atomic E-state index is 13.2. The van der Waals surface area contributed by atoms with Crippen molar-refractivity contribution < 1.29 is 23.0 Å². The Hall–Kier alpha value is -3.24. The van der Waals surface area contributed by atoms with Crippen molar-refractivity contribution in [1.82, 2.24) is 14.3 Å². The zero-order valence-electron chi connectivity index (χ0n) is 16.2. The lowest BCUT2D eigenvalue weighted by molar-refractivity contribution is 0.371. The van der Waals surface area contributed by atoms with Gasteiger partial charge in [0.25, 0.3) is 0 Å². The van der Waals surface area contributed by atoms with Crippen LogP contribution in [-0.4, -0.2) is 41.5 Å². The number of hydrogen-bond acceptors (Lipinski definition) is 6. The van der Waals surface area contributed by atoms with Gasteiger partial charge in [0, 0.05) is 6.54 Å². The minimum absolute atomic E-state index is 0.105. The van der Waals surface area contributed by atoms with Crippen LogP contribution in [0.2, 0.25) is 0 Å². The molecule has 0 spiro atoms. The highest BCUT2D eigenvalue weighted by molar-refractivity contribution is 7.89. The van der Waals surface area contributed by atoms with Crippen LogP contribution in [-0.2, 0) is 10.0 Å². The molecule has 9 nitrogen and oxygen atoms in total. The summed E-state index contributed by atoms with van der Waals surface area (Å²) in [4.78, 5) is 16.3. The van der Waals surface area contributed by atoms with Crippen molar-refractivity contribution in [3.63, 3.8) is 0 Å². The second-order valence-electron chi connectivity index (χ2n) is 6.86. The number of aromatic amines is 2. The van der Waals surface area contributed by atoms with E-state index in [2.05, 4.69) is 9.97 Å². The summed E-state index contributed by atoms with van der Waals surface area (Å²) >= 11 is 0. The molecule has 10 heteroatoms. The molecule has 0 radical (unpaired) electrons. The lowest BCUT2D eigenvalue weighted by Gasteiger charge is -2.23. The SMILES string of the molecule is COc1ccc(Oc2ccc(S(=O)(=O)N3CCC[C@@H]3c3[nH]c(=O)[nH]c3O)cc2)cc1. The number of aromatic hydroxyl groups is 1. The average molecular weight is 431 g/mol. The van der Waals surface area contributed by atoms with Crippen LogP contribution in [0.5, 0.6) is 23.1 Å². The van der Waals surface area contributed by atoms with Crippen molar-refractivity contribution >= 4 is 10.0 Å². The largest absolute Gasteiger partial charge is 0.497 e. The molecular weight excluding hydrogens is 410 g/mol. The Morgan fingerprint density at radius 1 is 1.00 bits per heavy atom. The van der Waals surface area contributed by atoms with Gasteiger partial charge in [-0.1, -0.05) is 0 Å². The van der Waals surface area contributed by atoms with Crippen LogP contribution in [0.1, 0.15) is 24.6 Å². The number of imidazole rings is 1. The molecule has 0 bridgehead atoms. The predicted molar refractivity (Wildman–Crippen MR) is 108 cm³/mol. The lowest BCUT2D eigenvalue weighted by atomic mass is 10.2. The van der Waals surface area contributed by atoms with Gasteiger partial charge < -0.3 is 19.6 Å². The van der Waals surface area contributed by atoms with E-state index in [9.17, 15) is 18.3 Å². The van der Waals surface area contributed by atoms with Crippen molar-refractivity contribution in [2.75, 3.05) is 13.7 Å². The van der Waals surface area contributed by atoms with E-state index in [1.54, 1.807) is 43.5 Å². The number of rotatable bonds is 6. The van der Waals surface area contributed by atoms with Gasteiger partial charge in [0.1, 0.15) is 17.2 Å². The zero-order chi connectivity index (χ0) is 21.3. The van der Waals surface area contributed by atoms with Crippen molar-refractivity contribution in [2.45, 2.75) is 23.8 Å². The molecule has 158 valence electrons. The molecule has 4 rings (SSSR count). The molecule has 2 aromatic carbocycles. The van der Waals surface area contributed by atoms with Crippen LogP contribution in [0.3, 0.4) is 0 Å². The van der Waals surface area contributed by atoms with E-state index in [4.69, 9.17) is 9.47 Å². The van der Waals surface area contributed by atoms with Crippen molar-refractivity contribution in [1.29, 1.82) is 0 Å². The molecule has 1 atom stereocenters. The molecule has 0 saturated carbocycles. The predicted octanol–water partition coefficient (Wildman–Crippen LogP) is 2.74. The first-order valence-corrected chi connectivity index (χ1v) is 10.8. The molecule has 3 aromatic rings. The smallest absolute Gasteiger partial charge is 0.326 e. The molecule has 1 aromatic heterocycles. The zero-order valence-corrected chi connectivity index (χ0v) is 17.0. The maximum Gasteiger partial charge on any atom is 0.326 e. The summed E-state index contributed by atoms with van der Waals surface area (Å²) in [6.07, 6.45) is 1.12. The van der Waals surface area contributed by atoms with Gasteiger partial charge in [-0.3, -0.25) is 4.98 Å². The summed E-state index contributed by atoms with van der Waals surface area (Å²) in [6.45, 7) is 0.295. The van der Waals surface area contributed by atoms with Gasteiger partial charge in [0.05, 0.1) is 23.7 Å². The van der Waals surface area contributed by atoms with E-state index in [1.807, 2.05) is 0 Å². The first-order valence-electron chi connectivity index (χ1n) is 9.33. The van der Waals surface area contributed by atoms with Crippen LogP contribution in [0, 0.1) is 0 Å². The molecule has 3 N–H and O–H groups in total. The Morgan fingerprint density at radius 3 is 2.17 bits per heavy atom. The Bertz CT molecular complexity index is 1180. The van der Waals surface area contributed by atoms with Crippen molar-refractivity contribution in [3.8, 4) is 23.1 Å². The van der Waals surface area contributed by atoms with E-state index in [0.29, 0.717) is 36.6 Å². The van der Waals surface area contributed by atoms with E-state index in [0.717, 1.165) is 0 Å². The van der Waals surface area contributed by atoms with Gasteiger partial charge in [0.15, 0.2) is 0 Å². The highest BCUT2D eigenvalue weighted by Gasteiger charge is 2.38. The second-order valence-corrected chi connectivity index (χ2v) is 8.75. The molecule has 1 aliphatic heterocycles. The first-order chi connectivity index (χ1) is 14.4. The van der Waals surface area contributed by atoms with E-state index >= 15 is 0 Å². The van der Waals surface area contributed by atoms with Crippen LogP contribution >= 0.6 is 0 Å². The Kier molecular flexibility index (Phi) is 5.27. The molecule has 0 unspecified atom stereocenters. The van der Waals surface area contributed by atoms with Gasteiger partial charge in [-0.2, -0.15) is 4.31 Å². The molecule has 0 amide bonds. The molecule has 30 heavy (non-hydrogen) atoms. The number of ether oxygens (including phenoxy) is 2.